The second kappa shape index (κ2) is 50.7. The second-order valence-corrected chi connectivity index (χ2v) is 23.3. The zero-order valence-electron chi connectivity index (χ0n) is 52.0. The minimum absolute atomic E-state index is 0. The van der Waals surface area contributed by atoms with Crippen molar-refractivity contribution in [1.82, 2.24) is 0 Å². The zero-order chi connectivity index (χ0) is 57.8. The first-order valence-corrected chi connectivity index (χ1v) is 32.9. The van der Waals surface area contributed by atoms with Crippen LogP contribution in [0.15, 0.2) is 72.8 Å². The third kappa shape index (κ3) is 31.9. The number of fused-ring (bicyclic) bond motifs is 1. The highest BCUT2D eigenvalue weighted by molar-refractivity contribution is 6.20. The molecule has 83 heavy (non-hydrogen) atoms. The highest BCUT2D eigenvalue weighted by Gasteiger charge is 2.27. The summed E-state index contributed by atoms with van der Waals surface area (Å²) in [5, 5.41) is 12.4. The standard InChI is InChI=1S/C44H72O4.C16H34O.C12H6O3.2CH4.H2O/c1-5-9-13-17-19-23-29-37(27-21-15-11-7-3)35-47-43(45)40-33-25-31-39-32-26-34-41(42(39)40)44(46)48-36-38(28-22-16-12-8-4)30-24-20-18-14-10-6-2;1-3-5-7-9-10-12-14-16(15-17)13-11-8-6-4-2;13-11-8-5-1-3-7-4-2-6-9(10(7)8)12(14)15-11;;;/h25-26,31-34,37-38H,5-24,27-30,35-36H2,1-4H3;16-17H,3-15H2,1-2H3;1-6H;2*1H4;1H2. The van der Waals surface area contributed by atoms with Crippen LogP contribution in [0.3, 0.4) is 0 Å². The monoisotopic (exact) mass is 1150 g/mol. The van der Waals surface area contributed by atoms with Gasteiger partial charge in [-0.3, -0.25) is 0 Å². The highest BCUT2D eigenvalue weighted by Crippen LogP contribution is 2.30. The van der Waals surface area contributed by atoms with Gasteiger partial charge in [0.25, 0.3) is 0 Å². The fourth-order valence-corrected chi connectivity index (χ4v) is 11.3. The average molecular weight is 1160 g/mol. The van der Waals surface area contributed by atoms with E-state index in [2.05, 4.69) is 46.3 Å². The van der Waals surface area contributed by atoms with Crippen LogP contribution >= 0.6 is 0 Å². The number of esters is 4. The Balaban J connectivity index is 0.00000155. The number of hydrogen-bond acceptors (Lipinski definition) is 8. The minimum atomic E-state index is -0.565. The molecule has 0 saturated carbocycles. The van der Waals surface area contributed by atoms with E-state index in [9.17, 15) is 24.3 Å². The molecule has 9 nitrogen and oxygen atoms in total. The third-order valence-electron chi connectivity index (χ3n) is 16.3. The van der Waals surface area contributed by atoms with Crippen LogP contribution in [0.1, 0.15) is 329 Å². The molecular weight excluding hydrogens is 1030 g/mol. The van der Waals surface area contributed by atoms with E-state index in [1.807, 2.05) is 36.4 Å². The second-order valence-electron chi connectivity index (χ2n) is 23.3. The van der Waals surface area contributed by atoms with Crippen molar-refractivity contribution in [3.63, 3.8) is 0 Å². The van der Waals surface area contributed by atoms with Gasteiger partial charge in [-0.05, 0) is 91.3 Å². The van der Waals surface area contributed by atoms with Crippen molar-refractivity contribution >= 4 is 45.4 Å². The predicted octanol–water partition coefficient (Wildman–Crippen LogP) is 21.7. The smallest absolute Gasteiger partial charge is 0.346 e. The Labute approximate surface area is 507 Å². The molecule has 9 heteroatoms. The first-order valence-electron chi connectivity index (χ1n) is 32.9. The van der Waals surface area contributed by atoms with Crippen LogP contribution in [0.2, 0.25) is 0 Å². The Morgan fingerprint density at radius 2 is 0.651 bits per heavy atom. The molecule has 0 bridgehead atoms. The molecule has 5 rings (SSSR count). The summed E-state index contributed by atoms with van der Waals surface area (Å²) in [6.07, 6.45) is 45.6. The van der Waals surface area contributed by atoms with E-state index in [0.29, 0.717) is 70.6 Å². The minimum Gasteiger partial charge on any atom is -0.462 e. The lowest BCUT2D eigenvalue weighted by atomic mass is 9.94. The number of unbranched alkanes of at least 4 members (excludes halogenated alkanes) is 24. The molecule has 0 aliphatic carbocycles. The van der Waals surface area contributed by atoms with Crippen molar-refractivity contribution < 1.29 is 44.0 Å². The van der Waals surface area contributed by atoms with Crippen molar-refractivity contribution in [2.45, 2.75) is 288 Å². The fraction of sp³-hybridized carbons (Fsp3) is 0.676. The van der Waals surface area contributed by atoms with Crippen molar-refractivity contribution in [2.75, 3.05) is 19.8 Å². The molecule has 0 radical (unpaired) electrons. The lowest BCUT2D eigenvalue weighted by molar-refractivity contribution is 0.0384. The number of aliphatic hydroxyl groups excluding tert-OH is 1. The average Bonchev–Trinajstić information content (AvgIpc) is 3.59. The molecule has 4 aromatic carbocycles. The molecule has 1 heterocycles. The highest BCUT2D eigenvalue weighted by atomic mass is 16.6. The van der Waals surface area contributed by atoms with E-state index in [-0.39, 0.29) is 32.3 Å². The molecule has 3 atom stereocenters. The molecule has 0 aromatic heterocycles. The van der Waals surface area contributed by atoms with Gasteiger partial charge in [-0.2, -0.15) is 0 Å². The lowest BCUT2D eigenvalue weighted by Crippen LogP contribution is -2.19. The summed E-state index contributed by atoms with van der Waals surface area (Å²) in [5.74, 6) is -0.445. The Morgan fingerprint density at radius 1 is 0.386 bits per heavy atom. The molecule has 0 spiro atoms. The summed E-state index contributed by atoms with van der Waals surface area (Å²) >= 11 is 0. The van der Waals surface area contributed by atoms with Crippen LogP contribution < -0.4 is 0 Å². The Bertz CT molecular complexity index is 2140. The zero-order valence-corrected chi connectivity index (χ0v) is 52.0. The normalized spacial score (nSPS) is 12.5. The summed E-state index contributed by atoms with van der Waals surface area (Å²) in [6.45, 7) is 14.8. The van der Waals surface area contributed by atoms with Crippen LogP contribution in [-0.4, -0.2) is 54.3 Å². The van der Waals surface area contributed by atoms with E-state index in [1.54, 1.807) is 36.4 Å². The fourth-order valence-electron chi connectivity index (χ4n) is 11.3. The number of carbonyl (C=O) groups excluding carboxylic acids is 4. The largest absolute Gasteiger partial charge is 0.462 e. The first-order chi connectivity index (χ1) is 39.2. The number of aliphatic hydroxyl groups is 1. The van der Waals surface area contributed by atoms with Gasteiger partial charge in [0.2, 0.25) is 0 Å². The first kappa shape index (κ1) is 78.4. The summed E-state index contributed by atoms with van der Waals surface area (Å²) in [6, 6.07) is 21.9. The lowest BCUT2D eigenvalue weighted by Gasteiger charge is -2.19. The van der Waals surface area contributed by atoms with E-state index in [0.717, 1.165) is 36.5 Å². The number of carbonyl (C=O) groups is 4. The van der Waals surface area contributed by atoms with E-state index in [1.165, 1.54) is 205 Å². The van der Waals surface area contributed by atoms with Gasteiger partial charge in [-0.25, -0.2) is 19.2 Å². The molecule has 4 aromatic rings. The number of ether oxygens (including phenoxy) is 3. The summed E-state index contributed by atoms with van der Waals surface area (Å²) in [7, 11) is 0. The van der Waals surface area contributed by atoms with E-state index < -0.39 is 11.9 Å². The van der Waals surface area contributed by atoms with Crippen LogP contribution in [0.5, 0.6) is 0 Å². The Hall–Kier alpha value is -4.60. The molecule has 472 valence electrons. The Kier molecular flexibility index (Phi) is 47.9. The van der Waals surface area contributed by atoms with Gasteiger partial charge in [-0.1, -0.05) is 298 Å². The molecule has 0 saturated heterocycles. The SMILES string of the molecule is C.C.CCCCCCCCC(CCCCCC)COC(=O)c1cccc2cccc(C(=O)OCC(CCCCCC)CCCCCCCC)c12.CCCCCCCCC(CO)CCCCCC.O.O=C1OC(=O)c2cccc3cccc1c23. The van der Waals surface area contributed by atoms with Crippen LogP contribution in [0, 0.1) is 17.8 Å². The summed E-state index contributed by atoms with van der Waals surface area (Å²) in [5.41, 5.74) is 1.85. The third-order valence-corrected chi connectivity index (χ3v) is 16.3. The molecule has 1 aliphatic heterocycles. The predicted molar refractivity (Wildman–Crippen MR) is 353 cm³/mol. The number of cyclic esters (lactones) is 2. The van der Waals surface area contributed by atoms with Crippen LogP contribution in [0.25, 0.3) is 21.5 Å². The van der Waals surface area contributed by atoms with Crippen molar-refractivity contribution in [2.24, 2.45) is 17.8 Å². The number of rotatable bonds is 43. The Morgan fingerprint density at radius 3 is 0.964 bits per heavy atom. The molecular formula is C74H122O9. The van der Waals surface area contributed by atoms with E-state index in [4.69, 9.17) is 9.47 Å². The maximum atomic E-state index is 13.6. The molecule has 0 fully saturated rings. The van der Waals surface area contributed by atoms with Gasteiger partial charge >= 0.3 is 23.9 Å². The maximum Gasteiger partial charge on any atom is 0.346 e. The quantitative estimate of drug-likeness (QED) is 0.0199. The van der Waals surface area contributed by atoms with Gasteiger partial charge in [0.05, 0.1) is 35.5 Å². The van der Waals surface area contributed by atoms with Gasteiger partial charge in [-0.15, -0.1) is 0 Å². The molecule has 3 unspecified atom stereocenters. The van der Waals surface area contributed by atoms with Gasteiger partial charge in [0.15, 0.2) is 0 Å². The topological polar surface area (TPSA) is 148 Å². The maximum absolute atomic E-state index is 13.6. The number of hydrogen-bond donors (Lipinski definition) is 1. The van der Waals surface area contributed by atoms with Crippen molar-refractivity contribution in [3.8, 4) is 0 Å². The summed E-state index contributed by atoms with van der Waals surface area (Å²) < 4.78 is 16.7. The molecule has 0 amide bonds. The molecule has 1 aliphatic rings. The van der Waals surface area contributed by atoms with Crippen molar-refractivity contribution in [1.29, 1.82) is 0 Å². The van der Waals surface area contributed by atoms with Gasteiger partial charge in [0.1, 0.15) is 0 Å². The summed E-state index contributed by atoms with van der Waals surface area (Å²) in [4.78, 5) is 50.2. The van der Waals surface area contributed by atoms with E-state index >= 15 is 0 Å². The van der Waals surface area contributed by atoms with Crippen LogP contribution in [-0.2, 0) is 14.2 Å². The number of benzene rings is 4. The van der Waals surface area contributed by atoms with Crippen molar-refractivity contribution in [3.05, 3.63) is 95.1 Å². The van der Waals surface area contributed by atoms with Gasteiger partial charge in [0, 0.05) is 17.4 Å². The van der Waals surface area contributed by atoms with Gasteiger partial charge < -0.3 is 24.8 Å². The molecule has 3 N–H and O–H groups in total. The van der Waals surface area contributed by atoms with Crippen LogP contribution in [0.4, 0.5) is 0 Å².